The lowest BCUT2D eigenvalue weighted by atomic mass is 10.2. The Kier molecular flexibility index (Phi) is 6.95. The smallest absolute Gasteiger partial charge is 0.262 e. The van der Waals surface area contributed by atoms with Crippen LogP contribution in [0, 0.1) is 11.6 Å². The number of hydrogen-bond donors (Lipinski definition) is 1. The summed E-state index contributed by atoms with van der Waals surface area (Å²) in [4.78, 5) is 29.5. The number of nitrogens with one attached hydrogen (secondary N) is 1. The van der Waals surface area contributed by atoms with Gasteiger partial charge in [-0.25, -0.2) is 13.8 Å². The van der Waals surface area contributed by atoms with Gasteiger partial charge in [-0.1, -0.05) is 23.9 Å². The number of amides is 1. The number of halogens is 2. The number of aromatic nitrogens is 2. The van der Waals surface area contributed by atoms with E-state index in [2.05, 4.69) is 10.3 Å². The average molecular weight is 419 g/mol. The molecule has 0 fully saturated rings. The minimum atomic E-state index is -0.731. The SMILES string of the molecule is COCCCn1c(SCC(=O)Nc2cc(F)ccc2F)nc2ccccc2c1=O. The Morgan fingerprint density at radius 3 is 2.83 bits per heavy atom. The van der Waals surface area contributed by atoms with Crippen LogP contribution in [-0.4, -0.2) is 34.9 Å². The lowest BCUT2D eigenvalue weighted by Gasteiger charge is -2.13. The Balaban J connectivity index is 1.80. The van der Waals surface area contributed by atoms with E-state index in [0.717, 1.165) is 30.0 Å². The van der Waals surface area contributed by atoms with Gasteiger partial charge in [-0.3, -0.25) is 14.2 Å². The molecule has 0 spiro atoms. The fraction of sp³-hybridized carbons (Fsp3) is 0.250. The number of anilines is 1. The molecule has 0 radical (unpaired) electrons. The van der Waals surface area contributed by atoms with Crippen LogP contribution < -0.4 is 10.9 Å². The second-order valence-corrected chi connectivity index (χ2v) is 7.12. The van der Waals surface area contributed by atoms with Gasteiger partial charge in [0.1, 0.15) is 11.6 Å². The van der Waals surface area contributed by atoms with Crippen LogP contribution in [0.4, 0.5) is 14.5 Å². The number of methoxy groups -OCH3 is 1. The molecule has 6 nitrogen and oxygen atoms in total. The Hall–Kier alpha value is -2.78. The summed E-state index contributed by atoms with van der Waals surface area (Å²) < 4.78 is 33.5. The van der Waals surface area contributed by atoms with E-state index in [4.69, 9.17) is 4.74 Å². The van der Waals surface area contributed by atoms with Crippen molar-refractivity contribution >= 4 is 34.3 Å². The predicted octanol–water partition coefficient (Wildman–Crippen LogP) is 3.44. The molecular formula is C20H19F2N3O3S. The highest BCUT2D eigenvalue weighted by molar-refractivity contribution is 7.99. The van der Waals surface area contributed by atoms with Gasteiger partial charge in [0.15, 0.2) is 5.16 Å². The van der Waals surface area contributed by atoms with Gasteiger partial charge in [0.2, 0.25) is 5.91 Å². The predicted molar refractivity (Wildman–Crippen MR) is 108 cm³/mol. The molecule has 1 heterocycles. The third-order valence-corrected chi connectivity index (χ3v) is 5.07. The molecule has 3 aromatic rings. The van der Waals surface area contributed by atoms with Gasteiger partial charge in [0.25, 0.3) is 5.56 Å². The number of thioether (sulfide) groups is 1. The molecule has 0 saturated carbocycles. The highest BCUT2D eigenvalue weighted by Gasteiger charge is 2.14. The highest BCUT2D eigenvalue weighted by atomic mass is 32.2. The summed E-state index contributed by atoms with van der Waals surface area (Å²) in [6.07, 6.45) is 0.602. The van der Waals surface area contributed by atoms with Crippen molar-refractivity contribution in [2.24, 2.45) is 0 Å². The number of ether oxygens (including phenoxy) is 1. The zero-order chi connectivity index (χ0) is 20.8. The number of carbonyl (C=O) groups excluding carboxylic acids is 1. The van der Waals surface area contributed by atoms with E-state index in [9.17, 15) is 18.4 Å². The maximum Gasteiger partial charge on any atom is 0.262 e. The third kappa shape index (κ3) is 5.18. The lowest BCUT2D eigenvalue weighted by Crippen LogP contribution is -2.25. The summed E-state index contributed by atoms with van der Waals surface area (Å²) >= 11 is 1.05. The van der Waals surface area contributed by atoms with Crippen LogP contribution in [0.3, 0.4) is 0 Å². The van der Waals surface area contributed by atoms with Crippen molar-refractivity contribution in [1.82, 2.24) is 9.55 Å². The summed E-state index contributed by atoms with van der Waals surface area (Å²) in [5.41, 5.74) is 0.0879. The molecule has 0 saturated heterocycles. The van der Waals surface area contributed by atoms with Crippen molar-refractivity contribution in [2.75, 3.05) is 24.8 Å². The molecular weight excluding hydrogens is 400 g/mol. The Labute approximate surface area is 169 Å². The van der Waals surface area contributed by atoms with E-state index in [1.165, 1.54) is 4.57 Å². The van der Waals surface area contributed by atoms with Gasteiger partial charge in [0, 0.05) is 26.3 Å². The summed E-state index contributed by atoms with van der Waals surface area (Å²) in [6, 6.07) is 9.78. The number of benzene rings is 2. The minimum absolute atomic E-state index is 0.120. The van der Waals surface area contributed by atoms with Gasteiger partial charge in [0.05, 0.1) is 22.3 Å². The van der Waals surface area contributed by atoms with E-state index in [1.54, 1.807) is 31.4 Å². The van der Waals surface area contributed by atoms with E-state index < -0.39 is 17.5 Å². The van der Waals surface area contributed by atoms with Crippen LogP contribution in [0.25, 0.3) is 10.9 Å². The van der Waals surface area contributed by atoms with E-state index >= 15 is 0 Å². The summed E-state index contributed by atoms with van der Waals surface area (Å²) in [5, 5.41) is 3.20. The number of para-hydroxylation sites is 1. The Morgan fingerprint density at radius 2 is 2.03 bits per heavy atom. The average Bonchev–Trinajstić information content (AvgIpc) is 2.71. The number of fused-ring (bicyclic) bond motifs is 1. The molecule has 0 atom stereocenters. The van der Waals surface area contributed by atoms with Crippen LogP contribution >= 0.6 is 11.8 Å². The van der Waals surface area contributed by atoms with Crippen LogP contribution in [0.15, 0.2) is 52.4 Å². The maximum atomic E-state index is 13.7. The number of rotatable bonds is 8. The second-order valence-electron chi connectivity index (χ2n) is 6.18. The molecule has 2 aromatic carbocycles. The maximum absolute atomic E-state index is 13.7. The van der Waals surface area contributed by atoms with Crippen LogP contribution in [0.1, 0.15) is 6.42 Å². The number of nitrogens with zero attached hydrogens (tertiary/aromatic N) is 2. The molecule has 1 aromatic heterocycles. The monoisotopic (exact) mass is 419 g/mol. The molecule has 0 aliphatic carbocycles. The molecule has 29 heavy (non-hydrogen) atoms. The van der Waals surface area contributed by atoms with Gasteiger partial charge >= 0.3 is 0 Å². The van der Waals surface area contributed by atoms with Crippen LogP contribution in [0.2, 0.25) is 0 Å². The standard InChI is InChI=1S/C20H19F2N3O3S/c1-28-10-4-9-25-19(27)14-5-2-3-6-16(14)24-20(25)29-12-18(26)23-17-11-13(21)7-8-15(17)22/h2-3,5-8,11H,4,9-10,12H2,1H3,(H,23,26). The summed E-state index contributed by atoms with van der Waals surface area (Å²) in [7, 11) is 1.58. The van der Waals surface area contributed by atoms with Gasteiger partial charge < -0.3 is 10.1 Å². The van der Waals surface area contributed by atoms with Crippen molar-refractivity contribution < 1.29 is 18.3 Å². The van der Waals surface area contributed by atoms with Crippen molar-refractivity contribution in [1.29, 1.82) is 0 Å². The van der Waals surface area contributed by atoms with Crippen LogP contribution in [0.5, 0.6) is 0 Å². The first-order valence-electron chi connectivity index (χ1n) is 8.86. The molecule has 0 aliphatic heterocycles. The molecule has 0 bridgehead atoms. The zero-order valence-corrected chi connectivity index (χ0v) is 16.5. The third-order valence-electron chi connectivity index (χ3n) is 4.09. The fourth-order valence-corrected chi connectivity index (χ4v) is 3.56. The molecule has 1 amide bonds. The first-order valence-corrected chi connectivity index (χ1v) is 9.84. The normalized spacial score (nSPS) is 11.0. The van der Waals surface area contributed by atoms with E-state index in [0.29, 0.717) is 35.6 Å². The molecule has 0 aliphatic rings. The number of carbonyl (C=O) groups is 1. The van der Waals surface area contributed by atoms with Gasteiger partial charge in [-0.05, 0) is 30.7 Å². The number of hydrogen-bond acceptors (Lipinski definition) is 5. The second kappa shape index (κ2) is 9.62. The Bertz CT molecular complexity index is 1090. The zero-order valence-electron chi connectivity index (χ0n) is 15.7. The molecule has 3 rings (SSSR count). The van der Waals surface area contributed by atoms with Crippen molar-refractivity contribution in [3.8, 4) is 0 Å². The van der Waals surface area contributed by atoms with Crippen LogP contribution in [-0.2, 0) is 16.1 Å². The van der Waals surface area contributed by atoms with Gasteiger partial charge in [-0.2, -0.15) is 0 Å². The summed E-state index contributed by atoms with van der Waals surface area (Å²) in [5.74, 6) is -2.04. The minimum Gasteiger partial charge on any atom is -0.385 e. The van der Waals surface area contributed by atoms with E-state index in [-0.39, 0.29) is 17.0 Å². The molecule has 152 valence electrons. The van der Waals surface area contributed by atoms with Crippen molar-refractivity contribution in [2.45, 2.75) is 18.1 Å². The molecule has 1 N–H and O–H groups in total. The Morgan fingerprint density at radius 1 is 1.24 bits per heavy atom. The van der Waals surface area contributed by atoms with Crippen molar-refractivity contribution in [3.05, 3.63) is 64.5 Å². The first kappa shape index (κ1) is 20.9. The van der Waals surface area contributed by atoms with Gasteiger partial charge in [-0.15, -0.1) is 0 Å². The first-order chi connectivity index (χ1) is 14.0. The lowest BCUT2D eigenvalue weighted by molar-refractivity contribution is -0.113. The molecule has 9 heteroatoms. The fourth-order valence-electron chi connectivity index (χ4n) is 2.73. The topological polar surface area (TPSA) is 73.2 Å². The molecule has 0 unspecified atom stereocenters. The van der Waals surface area contributed by atoms with E-state index in [1.807, 2.05) is 0 Å². The largest absolute Gasteiger partial charge is 0.385 e. The summed E-state index contributed by atoms with van der Waals surface area (Å²) in [6.45, 7) is 0.857. The quantitative estimate of drug-likeness (QED) is 0.344. The van der Waals surface area contributed by atoms with Crippen molar-refractivity contribution in [3.63, 3.8) is 0 Å². The highest BCUT2D eigenvalue weighted by Crippen LogP contribution is 2.20.